The SMILES string of the molecule is COc1ccc(NC(=O)C2CCCN(S(=O)(=O)c3ccc(OC)cc3)C2)cc1. The molecule has 7 nitrogen and oxygen atoms in total. The van der Waals surface area contributed by atoms with Crippen LogP contribution in [0.1, 0.15) is 12.8 Å². The lowest BCUT2D eigenvalue weighted by Gasteiger charge is -2.31. The highest BCUT2D eigenvalue weighted by Crippen LogP contribution is 2.26. The Hall–Kier alpha value is -2.58. The number of hydrogen-bond donors (Lipinski definition) is 1. The summed E-state index contributed by atoms with van der Waals surface area (Å²) in [5.74, 6) is 0.713. The van der Waals surface area contributed by atoms with E-state index < -0.39 is 15.9 Å². The molecule has 0 aliphatic carbocycles. The van der Waals surface area contributed by atoms with Crippen molar-refractivity contribution >= 4 is 21.6 Å². The summed E-state index contributed by atoms with van der Waals surface area (Å²) in [6, 6.07) is 13.3. The number of amides is 1. The Balaban J connectivity index is 1.68. The van der Waals surface area contributed by atoms with Gasteiger partial charge in [-0.2, -0.15) is 4.31 Å². The molecule has 1 amide bonds. The number of ether oxygens (including phenoxy) is 2. The molecule has 1 unspecified atom stereocenters. The lowest BCUT2D eigenvalue weighted by atomic mass is 9.99. The van der Waals surface area contributed by atoms with Crippen LogP contribution in [0.15, 0.2) is 53.4 Å². The van der Waals surface area contributed by atoms with Crippen LogP contribution in [0.3, 0.4) is 0 Å². The third-order valence-corrected chi connectivity index (χ3v) is 6.69. The van der Waals surface area contributed by atoms with Crippen molar-refractivity contribution in [3.63, 3.8) is 0 Å². The fourth-order valence-corrected chi connectivity index (χ4v) is 4.71. The summed E-state index contributed by atoms with van der Waals surface area (Å²) in [7, 11) is -0.549. The number of carbonyl (C=O) groups excluding carboxylic acids is 1. The van der Waals surface area contributed by atoms with Gasteiger partial charge >= 0.3 is 0 Å². The molecule has 0 saturated carbocycles. The number of benzene rings is 2. The topological polar surface area (TPSA) is 84.9 Å². The molecule has 0 spiro atoms. The van der Waals surface area contributed by atoms with Crippen molar-refractivity contribution in [2.75, 3.05) is 32.6 Å². The highest BCUT2D eigenvalue weighted by atomic mass is 32.2. The van der Waals surface area contributed by atoms with Crippen LogP contribution in [0.5, 0.6) is 11.5 Å². The maximum atomic E-state index is 12.9. The van der Waals surface area contributed by atoms with Gasteiger partial charge in [0.05, 0.1) is 25.0 Å². The maximum absolute atomic E-state index is 12.9. The molecule has 0 radical (unpaired) electrons. The molecule has 1 fully saturated rings. The zero-order valence-electron chi connectivity index (χ0n) is 15.9. The number of anilines is 1. The van der Waals surface area contributed by atoms with Gasteiger partial charge in [-0.05, 0) is 61.4 Å². The number of piperidine rings is 1. The first-order chi connectivity index (χ1) is 13.4. The van der Waals surface area contributed by atoms with Crippen LogP contribution in [-0.4, -0.2) is 45.9 Å². The molecule has 1 aliphatic rings. The van der Waals surface area contributed by atoms with Crippen molar-refractivity contribution in [3.05, 3.63) is 48.5 Å². The van der Waals surface area contributed by atoms with Crippen molar-refractivity contribution in [2.24, 2.45) is 5.92 Å². The van der Waals surface area contributed by atoms with E-state index in [1.807, 2.05) is 0 Å². The van der Waals surface area contributed by atoms with Crippen LogP contribution in [0.4, 0.5) is 5.69 Å². The van der Waals surface area contributed by atoms with Crippen molar-refractivity contribution in [1.29, 1.82) is 0 Å². The highest BCUT2D eigenvalue weighted by molar-refractivity contribution is 7.89. The molecule has 1 atom stereocenters. The lowest BCUT2D eigenvalue weighted by Crippen LogP contribution is -2.43. The first kappa shape index (κ1) is 20.2. The van der Waals surface area contributed by atoms with Gasteiger partial charge in [0.2, 0.25) is 15.9 Å². The summed E-state index contributed by atoms with van der Waals surface area (Å²) in [4.78, 5) is 12.8. The van der Waals surface area contributed by atoms with E-state index in [1.165, 1.54) is 23.5 Å². The van der Waals surface area contributed by atoms with Gasteiger partial charge < -0.3 is 14.8 Å². The molecular formula is C20H24N2O5S. The van der Waals surface area contributed by atoms with Crippen LogP contribution in [0.2, 0.25) is 0 Å². The number of carbonyl (C=O) groups is 1. The molecular weight excluding hydrogens is 380 g/mol. The zero-order chi connectivity index (χ0) is 20.1. The lowest BCUT2D eigenvalue weighted by molar-refractivity contribution is -0.120. The van der Waals surface area contributed by atoms with Crippen molar-refractivity contribution in [1.82, 2.24) is 4.31 Å². The molecule has 28 heavy (non-hydrogen) atoms. The number of methoxy groups -OCH3 is 2. The first-order valence-electron chi connectivity index (χ1n) is 9.03. The summed E-state index contributed by atoms with van der Waals surface area (Å²) in [5.41, 5.74) is 0.654. The first-order valence-corrected chi connectivity index (χ1v) is 10.5. The molecule has 1 saturated heterocycles. The molecule has 1 aliphatic heterocycles. The minimum absolute atomic E-state index is 0.163. The van der Waals surface area contributed by atoms with Gasteiger partial charge in [0.25, 0.3) is 0 Å². The van der Waals surface area contributed by atoms with Gasteiger partial charge in [-0.3, -0.25) is 4.79 Å². The number of rotatable bonds is 6. The van der Waals surface area contributed by atoms with Gasteiger partial charge in [-0.25, -0.2) is 8.42 Å². The summed E-state index contributed by atoms with van der Waals surface area (Å²) in [6.07, 6.45) is 1.28. The van der Waals surface area contributed by atoms with Gasteiger partial charge in [0, 0.05) is 18.8 Å². The minimum Gasteiger partial charge on any atom is -0.497 e. The normalized spacial score (nSPS) is 17.7. The minimum atomic E-state index is -3.65. The quantitative estimate of drug-likeness (QED) is 0.800. The Kier molecular flexibility index (Phi) is 6.21. The van der Waals surface area contributed by atoms with E-state index in [0.29, 0.717) is 36.6 Å². The van der Waals surface area contributed by atoms with Crippen LogP contribution in [0.25, 0.3) is 0 Å². The Morgan fingerprint density at radius 2 is 1.57 bits per heavy atom. The maximum Gasteiger partial charge on any atom is 0.243 e. The van der Waals surface area contributed by atoms with E-state index in [2.05, 4.69) is 5.32 Å². The molecule has 0 aromatic heterocycles. The summed E-state index contributed by atoms with van der Waals surface area (Å²) in [5, 5.41) is 2.86. The van der Waals surface area contributed by atoms with Crippen LogP contribution in [0, 0.1) is 5.92 Å². The molecule has 8 heteroatoms. The Morgan fingerprint density at radius 1 is 1.00 bits per heavy atom. The van der Waals surface area contributed by atoms with Crippen LogP contribution in [-0.2, 0) is 14.8 Å². The fraction of sp³-hybridized carbons (Fsp3) is 0.350. The van der Waals surface area contributed by atoms with Gasteiger partial charge in [0.1, 0.15) is 11.5 Å². The number of sulfonamides is 1. The molecule has 2 aromatic rings. The predicted octanol–water partition coefficient (Wildman–Crippen LogP) is 2.74. The smallest absolute Gasteiger partial charge is 0.243 e. The van der Waals surface area contributed by atoms with Crippen LogP contribution >= 0.6 is 0 Å². The third-order valence-electron chi connectivity index (χ3n) is 4.81. The Bertz CT molecular complexity index is 911. The average Bonchev–Trinajstić information content (AvgIpc) is 2.74. The van der Waals surface area contributed by atoms with E-state index in [1.54, 1.807) is 43.5 Å². The van der Waals surface area contributed by atoms with E-state index in [4.69, 9.17) is 9.47 Å². The molecule has 2 aromatic carbocycles. The van der Waals surface area contributed by atoms with E-state index in [0.717, 1.165) is 0 Å². The van der Waals surface area contributed by atoms with Crippen molar-refractivity contribution in [3.8, 4) is 11.5 Å². The standard InChI is InChI=1S/C20H24N2O5S/c1-26-17-7-5-16(6-8-17)21-20(23)15-4-3-13-22(14-15)28(24,25)19-11-9-18(27-2)10-12-19/h5-12,15H,3-4,13-14H2,1-2H3,(H,21,23). The van der Waals surface area contributed by atoms with Crippen LogP contribution < -0.4 is 14.8 Å². The van der Waals surface area contributed by atoms with E-state index >= 15 is 0 Å². The second-order valence-corrected chi connectivity index (χ2v) is 8.53. The molecule has 1 N–H and O–H groups in total. The molecule has 0 bridgehead atoms. The van der Waals surface area contributed by atoms with Gasteiger partial charge in [-0.15, -0.1) is 0 Å². The second-order valence-electron chi connectivity index (χ2n) is 6.60. The molecule has 150 valence electrons. The Morgan fingerprint density at radius 3 is 2.14 bits per heavy atom. The zero-order valence-corrected chi connectivity index (χ0v) is 16.7. The van der Waals surface area contributed by atoms with Crippen molar-refractivity contribution < 1.29 is 22.7 Å². The number of hydrogen-bond acceptors (Lipinski definition) is 5. The number of nitrogens with one attached hydrogen (secondary N) is 1. The third kappa shape index (κ3) is 4.45. The Labute approximate surface area is 165 Å². The summed E-state index contributed by atoms with van der Waals surface area (Å²) in [6.45, 7) is 0.566. The van der Waals surface area contributed by atoms with E-state index in [9.17, 15) is 13.2 Å². The van der Waals surface area contributed by atoms with Gasteiger partial charge in [-0.1, -0.05) is 0 Å². The highest BCUT2D eigenvalue weighted by Gasteiger charge is 2.33. The number of nitrogens with zero attached hydrogens (tertiary/aromatic N) is 1. The predicted molar refractivity (Wildman–Crippen MR) is 106 cm³/mol. The summed E-state index contributed by atoms with van der Waals surface area (Å²) < 4.78 is 37.4. The summed E-state index contributed by atoms with van der Waals surface area (Å²) >= 11 is 0. The average molecular weight is 404 g/mol. The van der Waals surface area contributed by atoms with Crippen molar-refractivity contribution in [2.45, 2.75) is 17.7 Å². The monoisotopic (exact) mass is 404 g/mol. The molecule has 1 heterocycles. The largest absolute Gasteiger partial charge is 0.497 e. The van der Waals surface area contributed by atoms with E-state index in [-0.39, 0.29) is 17.3 Å². The van der Waals surface area contributed by atoms with Gasteiger partial charge in [0.15, 0.2) is 0 Å². The second kappa shape index (κ2) is 8.62. The fourth-order valence-electron chi connectivity index (χ4n) is 3.19. The molecule has 3 rings (SSSR count).